The van der Waals surface area contributed by atoms with Gasteiger partial charge in [-0.1, -0.05) is 41.0 Å². The van der Waals surface area contributed by atoms with Crippen LogP contribution in [0.4, 0.5) is 0 Å². The van der Waals surface area contributed by atoms with Crippen molar-refractivity contribution in [3.8, 4) is 0 Å². The van der Waals surface area contributed by atoms with Crippen molar-refractivity contribution in [2.75, 3.05) is 0 Å². The number of rotatable bonds is 3. The molecule has 2 N–H and O–H groups in total. The van der Waals surface area contributed by atoms with Crippen LogP contribution in [0, 0.1) is 22.7 Å². The van der Waals surface area contributed by atoms with Crippen LogP contribution in [0.25, 0.3) is 0 Å². The van der Waals surface area contributed by atoms with Crippen LogP contribution in [0.5, 0.6) is 0 Å². The lowest BCUT2D eigenvalue weighted by Crippen LogP contribution is -2.54. The lowest BCUT2D eigenvalue weighted by atomic mass is 9.60. The SMILES string of the molecule is CC1C(NC2CCCC2(C)C)CCC(C(=O)O)C1(C)C. The van der Waals surface area contributed by atoms with E-state index in [-0.39, 0.29) is 11.3 Å². The number of carbonyl (C=O) groups is 1. The summed E-state index contributed by atoms with van der Waals surface area (Å²) in [5, 5.41) is 13.3. The third-order valence-electron chi connectivity index (χ3n) is 6.41. The molecule has 0 amide bonds. The Balaban J connectivity index is 2.06. The first kappa shape index (κ1) is 15.8. The van der Waals surface area contributed by atoms with Gasteiger partial charge < -0.3 is 10.4 Å². The maximum absolute atomic E-state index is 11.4. The number of nitrogens with one attached hydrogen (secondary N) is 1. The number of hydrogen-bond acceptors (Lipinski definition) is 2. The molecule has 0 saturated heterocycles. The van der Waals surface area contributed by atoms with Gasteiger partial charge in [0, 0.05) is 12.1 Å². The molecule has 0 aromatic rings. The highest BCUT2D eigenvalue weighted by atomic mass is 16.4. The second-order valence-electron chi connectivity index (χ2n) is 8.28. The smallest absolute Gasteiger partial charge is 0.307 e. The zero-order valence-corrected chi connectivity index (χ0v) is 13.7. The maximum Gasteiger partial charge on any atom is 0.307 e. The van der Waals surface area contributed by atoms with Gasteiger partial charge in [-0.3, -0.25) is 4.79 Å². The fourth-order valence-corrected chi connectivity index (χ4v) is 4.37. The van der Waals surface area contributed by atoms with Gasteiger partial charge in [0.1, 0.15) is 0 Å². The van der Waals surface area contributed by atoms with E-state index in [2.05, 4.69) is 39.9 Å². The minimum Gasteiger partial charge on any atom is -0.481 e. The number of carboxylic acids is 1. The number of aliphatic carboxylic acids is 1. The van der Waals surface area contributed by atoms with Gasteiger partial charge in [0.25, 0.3) is 0 Å². The molecule has 3 nitrogen and oxygen atoms in total. The van der Waals surface area contributed by atoms with E-state index in [1.165, 1.54) is 19.3 Å². The van der Waals surface area contributed by atoms with Crippen molar-refractivity contribution < 1.29 is 9.90 Å². The average Bonchev–Trinajstić information content (AvgIpc) is 2.64. The molecule has 2 aliphatic carbocycles. The summed E-state index contributed by atoms with van der Waals surface area (Å²) in [7, 11) is 0. The van der Waals surface area contributed by atoms with Crippen LogP contribution in [-0.2, 0) is 4.79 Å². The molecule has 0 bridgehead atoms. The van der Waals surface area contributed by atoms with Crippen LogP contribution >= 0.6 is 0 Å². The molecule has 2 fully saturated rings. The maximum atomic E-state index is 11.4. The first-order chi connectivity index (χ1) is 9.16. The zero-order valence-electron chi connectivity index (χ0n) is 13.7. The third kappa shape index (κ3) is 2.74. The molecule has 0 heterocycles. The predicted octanol–water partition coefficient (Wildman–Crippen LogP) is 3.68. The molecule has 2 aliphatic rings. The second kappa shape index (κ2) is 5.32. The van der Waals surface area contributed by atoms with Gasteiger partial charge in [0.05, 0.1) is 5.92 Å². The van der Waals surface area contributed by atoms with Crippen molar-refractivity contribution in [1.29, 1.82) is 0 Å². The van der Waals surface area contributed by atoms with E-state index in [9.17, 15) is 9.90 Å². The number of carboxylic acid groups (broad SMARTS) is 1. The van der Waals surface area contributed by atoms with Crippen molar-refractivity contribution in [3.63, 3.8) is 0 Å². The third-order valence-corrected chi connectivity index (χ3v) is 6.41. The van der Waals surface area contributed by atoms with Crippen LogP contribution in [0.2, 0.25) is 0 Å². The Morgan fingerprint density at radius 1 is 1.15 bits per heavy atom. The first-order valence-corrected chi connectivity index (χ1v) is 8.15. The Labute approximate surface area is 123 Å². The summed E-state index contributed by atoms with van der Waals surface area (Å²) in [5.74, 6) is -0.428. The van der Waals surface area contributed by atoms with E-state index in [4.69, 9.17) is 0 Å². The van der Waals surface area contributed by atoms with Gasteiger partial charge in [0.2, 0.25) is 0 Å². The summed E-state index contributed by atoms with van der Waals surface area (Å²) in [4.78, 5) is 11.4. The molecule has 0 aromatic carbocycles. The molecule has 4 atom stereocenters. The van der Waals surface area contributed by atoms with E-state index in [0.29, 0.717) is 23.4 Å². The van der Waals surface area contributed by atoms with E-state index in [1.54, 1.807) is 0 Å². The van der Waals surface area contributed by atoms with Gasteiger partial charge in [-0.05, 0) is 42.4 Å². The fourth-order valence-electron chi connectivity index (χ4n) is 4.37. The largest absolute Gasteiger partial charge is 0.481 e. The summed E-state index contributed by atoms with van der Waals surface area (Å²) in [6.45, 7) is 11.2. The predicted molar refractivity (Wildman–Crippen MR) is 81.6 cm³/mol. The van der Waals surface area contributed by atoms with Crippen molar-refractivity contribution in [2.45, 2.75) is 78.8 Å². The molecule has 0 aliphatic heterocycles. The van der Waals surface area contributed by atoms with Crippen LogP contribution in [0.3, 0.4) is 0 Å². The summed E-state index contributed by atoms with van der Waals surface area (Å²) in [6.07, 6.45) is 5.67. The minimum absolute atomic E-state index is 0.134. The molecule has 116 valence electrons. The van der Waals surface area contributed by atoms with E-state index >= 15 is 0 Å². The van der Waals surface area contributed by atoms with E-state index < -0.39 is 5.97 Å². The molecule has 3 heteroatoms. The topological polar surface area (TPSA) is 49.3 Å². The summed E-state index contributed by atoms with van der Waals surface area (Å²) in [5.41, 5.74) is 0.248. The van der Waals surface area contributed by atoms with Gasteiger partial charge in [-0.2, -0.15) is 0 Å². The molecule has 0 spiro atoms. The van der Waals surface area contributed by atoms with E-state index in [1.807, 2.05) is 0 Å². The van der Waals surface area contributed by atoms with Crippen molar-refractivity contribution in [1.82, 2.24) is 5.32 Å². The van der Waals surface area contributed by atoms with Crippen LogP contribution in [-0.4, -0.2) is 23.2 Å². The average molecular weight is 281 g/mol. The Morgan fingerprint density at radius 3 is 2.30 bits per heavy atom. The first-order valence-electron chi connectivity index (χ1n) is 8.15. The van der Waals surface area contributed by atoms with Gasteiger partial charge in [-0.25, -0.2) is 0 Å². The highest BCUT2D eigenvalue weighted by Gasteiger charge is 2.47. The molecular weight excluding hydrogens is 250 g/mol. The highest BCUT2D eigenvalue weighted by molar-refractivity contribution is 5.71. The van der Waals surface area contributed by atoms with Gasteiger partial charge in [-0.15, -0.1) is 0 Å². The molecule has 20 heavy (non-hydrogen) atoms. The molecule has 0 radical (unpaired) electrons. The Hall–Kier alpha value is -0.570. The number of hydrogen-bond donors (Lipinski definition) is 2. The van der Waals surface area contributed by atoms with Gasteiger partial charge >= 0.3 is 5.97 Å². The Morgan fingerprint density at radius 2 is 1.80 bits per heavy atom. The van der Waals surface area contributed by atoms with Crippen molar-refractivity contribution in [3.05, 3.63) is 0 Å². The molecule has 0 aromatic heterocycles. The molecular formula is C17H31NO2. The Kier molecular flexibility index (Phi) is 4.21. The fraction of sp³-hybridized carbons (Fsp3) is 0.941. The minimum atomic E-state index is -0.624. The summed E-state index contributed by atoms with van der Waals surface area (Å²) in [6, 6.07) is 1.05. The normalized spacial score (nSPS) is 39.6. The lowest BCUT2D eigenvalue weighted by molar-refractivity contribution is -0.150. The quantitative estimate of drug-likeness (QED) is 0.829. The summed E-state index contributed by atoms with van der Waals surface area (Å²) < 4.78 is 0. The second-order valence-corrected chi connectivity index (χ2v) is 8.28. The highest BCUT2D eigenvalue weighted by Crippen LogP contribution is 2.46. The molecule has 2 rings (SSSR count). The molecule has 4 unspecified atom stereocenters. The Bertz CT molecular complexity index is 375. The van der Waals surface area contributed by atoms with Crippen LogP contribution in [0.15, 0.2) is 0 Å². The van der Waals surface area contributed by atoms with Gasteiger partial charge in [0.15, 0.2) is 0 Å². The van der Waals surface area contributed by atoms with Crippen LogP contribution < -0.4 is 5.32 Å². The lowest BCUT2D eigenvalue weighted by Gasteiger charge is -2.48. The zero-order chi connectivity index (χ0) is 15.1. The van der Waals surface area contributed by atoms with E-state index in [0.717, 1.165) is 12.8 Å². The molecule has 2 saturated carbocycles. The van der Waals surface area contributed by atoms with Crippen molar-refractivity contribution in [2.24, 2.45) is 22.7 Å². The summed E-state index contributed by atoms with van der Waals surface area (Å²) >= 11 is 0. The standard InChI is InChI=1S/C17H31NO2/c1-11-13(18-14-7-6-10-16(14,2)3)9-8-12(15(19)20)17(11,4)5/h11-14,18H,6-10H2,1-5H3,(H,19,20). The monoisotopic (exact) mass is 281 g/mol. The van der Waals surface area contributed by atoms with Crippen LogP contribution in [0.1, 0.15) is 66.7 Å². The van der Waals surface area contributed by atoms with Crippen molar-refractivity contribution >= 4 is 5.97 Å².